The Morgan fingerprint density at radius 1 is 1.33 bits per heavy atom. The van der Waals surface area contributed by atoms with Crippen molar-refractivity contribution in [1.82, 2.24) is 4.98 Å². The molecule has 0 spiro atoms. The molecule has 0 aliphatic rings. The van der Waals surface area contributed by atoms with Gasteiger partial charge in [0.25, 0.3) is 0 Å². The van der Waals surface area contributed by atoms with Gasteiger partial charge in [-0.05, 0) is 40.6 Å². The van der Waals surface area contributed by atoms with Gasteiger partial charge < -0.3 is 5.32 Å². The lowest BCUT2D eigenvalue weighted by Crippen LogP contribution is -2.05. The van der Waals surface area contributed by atoms with Crippen molar-refractivity contribution >= 4 is 39.1 Å². The van der Waals surface area contributed by atoms with Gasteiger partial charge in [0, 0.05) is 21.7 Å². The summed E-state index contributed by atoms with van der Waals surface area (Å²) in [7, 11) is 0. The Labute approximate surface area is 107 Å². The van der Waals surface area contributed by atoms with Crippen LogP contribution in [0.15, 0.2) is 35.8 Å². The van der Waals surface area contributed by atoms with Crippen LogP contribution in [-0.4, -0.2) is 11.5 Å². The molecular weight excluding hydrogens is 319 g/mol. The van der Waals surface area contributed by atoms with Crippen molar-refractivity contribution in [3.8, 4) is 0 Å². The Kier molecular flexibility index (Phi) is 3.96. The lowest BCUT2D eigenvalue weighted by molar-refractivity contribution is 1.01. The van der Waals surface area contributed by atoms with E-state index in [-0.39, 0.29) is 0 Å². The summed E-state index contributed by atoms with van der Waals surface area (Å²) in [4.78, 5) is 4.18. The van der Waals surface area contributed by atoms with Crippen LogP contribution in [0, 0.1) is 3.57 Å². The third kappa shape index (κ3) is 3.17. The van der Waals surface area contributed by atoms with Crippen LogP contribution < -0.4 is 5.32 Å². The van der Waals surface area contributed by atoms with Gasteiger partial charge in [0.1, 0.15) is 0 Å². The second kappa shape index (κ2) is 5.46. The van der Waals surface area contributed by atoms with Crippen LogP contribution in [0.25, 0.3) is 0 Å². The van der Waals surface area contributed by atoms with Gasteiger partial charge in [0.05, 0.1) is 0 Å². The monoisotopic (exact) mass is 330 g/mol. The Bertz CT molecular complexity index is 414. The fourth-order valence-electron chi connectivity index (χ4n) is 1.32. The molecule has 78 valence electrons. The minimum atomic E-state index is 0.938. The molecule has 2 aromatic rings. The molecule has 0 bridgehead atoms. The highest BCUT2D eigenvalue weighted by atomic mass is 127. The second-order valence-electron chi connectivity index (χ2n) is 3.11. The zero-order chi connectivity index (χ0) is 10.5. The maximum absolute atomic E-state index is 4.18. The number of nitrogens with one attached hydrogen (secondary N) is 1. The van der Waals surface area contributed by atoms with Crippen LogP contribution in [0.5, 0.6) is 0 Å². The van der Waals surface area contributed by atoms with Gasteiger partial charge in [-0.15, -0.1) is 11.3 Å². The molecule has 15 heavy (non-hydrogen) atoms. The molecule has 1 aromatic heterocycles. The van der Waals surface area contributed by atoms with Crippen LogP contribution >= 0.6 is 33.9 Å². The number of anilines is 1. The first-order chi connectivity index (χ1) is 7.36. The van der Waals surface area contributed by atoms with Gasteiger partial charge in [0.15, 0.2) is 5.13 Å². The first kappa shape index (κ1) is 10.9. The van der Waals surface area contributed by atoms with Gasteiger partial charge >= 0.3 is 0 Å². The molecule has 0 aliphatic carbocycles. The van der Waals surface area contributed by atoms with E-state index in [1.54, 1.807) is 11.3 Å². The Hall–Kier alpha value is -0.620. The summed E-state index contributed by atoms with van der Waals surface area (Å²) in [6.45, 7) is 0.938. The smallest absolute Gasteiger partial charge is 0.182 e. The van der Waals surface area contributed by atoms with E-state index < -0.39 is 0 Å². The Morgan fingerprint density at radius 3 is 2.93 bits per heavy atom. The largest absolute Gasteiger partial charge is 0.361 e. The van der Waals surface area contributed by atoms with Crippen molar-refractivity contribution in [1.29, 1.82) is 0 Å². The van der Waals surface area contributed by atoms with Crippen LogP contribution in [0.4, 0.5) is 5.13 Å². The number of halogens is 1. The minimum Gasteiger partial charge on any atom is -0.361 e. The summed E-state index contributed by atoms with van der Waals surface area (Å²) in [5.74, 6) is 0. The molecule has 0 fully saturated rings. The van der Waals surface area contributed by atoms with Crippen LogP contribution in [0.3, 0.4) is 0 Å². The molecule has 0 saturated carbocycles. The summed E-state index contributed by atoms with van der Waals surface area (Å²) in [5, 5.41) is 6.29. The summed E-state index contributed by atoms with van der Waals surface area (Å²) in [5.41, 5.74) is 1.39. The number of benzene rings is 1. The van der Waals surface area contributed by atoms with Gasteiger partial charge in [-0.25, -0.2) is 4.98 Å². The zero-order valence-corrected chi connectivity index (χ0v) is 11.1. The molecule has 0 atom stereocenters. The highest BCUT2D eigenvalue weighted by Crippen LogP contribution is 2.13. The number of thiazole rings is 1. The first-order valence-electron chi connectivity index (χ1n) is 4.73. The predicted octanol–water partition coefficient (Wildman–Crippen LogP) is 3.40. The molecular formula is C11H11IN2S. The molecule has 2 nitrogen and oxygen atoms in total. The van der Waals surface area contributed by atoms with E-state index in [2.05, 4.69) is 57.2 Å². The molecule has 0 saturated heterocycles. The molecule has 0 unspecified atom stereocenters. The fraction of sp³-hybridized carbons (Fsp3) is 0.182. The van der Waals surface area contributed by atoms with E-state index in [4.69, 9.17) is 0 Å². The zero-order valence-electron chi connectivity index (χ0n) is 8.11. The number of hydrogen-bond acceptors (Lipinski definition) is 3. The van der Waals surface area contributed by atoms with Crippen molar-refractivity contribution in [3.63, 3.8) is 0 Å². The van der Waals surface area contributed by atoms with E-state index in [1.165, 1.54) is 9.13 Å². The van der Waals surface area contributed by atoms with Crippen LogP contribution in [-0.2, 0) is 6.42 Å². The van der Waals surface area contributed by atoms with Crippen LogP contribution in [0.2, 0.25) is 0 Å². The molecule has 1 aromatic carbocycles. The van der Waals surface area contributed by atoms with Crippen molar-refractivity contribution in [3.05, 3.63) is 45.0 Å². The molecule has 0 aliphatic heterocycles. The lowest BCUT2D eigenvalue weighted by Gasteiger charge is -2.04. The summed E-state index contributed by atoms with van der Waals surface area (Å²) in [6, 6.07) is 8.46. The Morgan fingerprint density at radius 2 is 2.20 bits per heavy atom. The van der Waals surface area contributed by atoms with Gasteiger partial charge in [-0.1, -0.05) is 18.2 Å². The van der Waals surface area contributed by atoms with Crippen molar-refractivity contribution in [2.75, 3.05) is 11.9 Å². The second-order valence-corrected chi connectivity index (χ2v) is 5.16. The average Bonchev–Trinajstić information content (AvgIpc) is 2.74. The topological polar surface area (TPSA) is 24.9 Å². The van der Waals surface area contributed by atoms with E-state index in [0.29, 0.717) is 0 Å². The molecule has 1 N–H and O–H groups in total. The number of aromatic nitrogens is 1. The SMILES string of the molecule is Ic1ccccc1CCNc1nccs1. The standard InChI is InChI=1S/C11H11IN2S/c12-10-4-2-1-3-9(10)5-6-13-11-14-7-8-15-11/h1-4,7-8H,5-6H2,(H,13,14). The normalized spacial score (nSPS) is 10.2. The van der Waals surface area contributed by atoms with Crippen molar-refractivity contribution in [2.45, 2.75) is 6.42 Å². The van der Waals surface area contributed by atoms with Crippen LogP contribution in [0.1, 0.15) is 5.56 Å². The molecule has 2 rings (SSSR count). The van der Waals surface area contributed by atoms with Crippen molar-refractivity contribution < 1.29 is 0 Å². The molecule has 1 heterocycles. The first-order valence-corrected chi connectivity index (χ1v) is 6.69. The highest BCUT2D eigenvalue weighted by Gasteiger charge is 1.98. The van der Waals surface area contributed by atoms with E-state index in [0.717, 1.165) is 18.1 Å². The molecule has 0 radical (unpaired) electrons. The average molecular weight is 330 g/mol. The maximum Gasteiger partial charge on any atom is 0.182 e. The highest BCUT2D eigenvalue weighted by molar-refractivity contribution is 14.1. The van der Waals surface area contributed by atoms with E-state index >= 15 is 0 Å². The molecule has 0 amide bonds. The predicted molar refractivity (Wildman–Crippen MR) is 73.5 cm³/mol. The lowest BCUT2D eigenvalue weighted by atomic mass is 10.1. The summed E-state index contributed by atoms with van der Waals surface area (Å²) in [6.07, 6.45) is 2.86. The summed E-state index contributed by atoms with van der Waals surface area (Å²) < 4.78 is 1.33. The van der Waals surface area contributed by atoms with Gasteiger partial charge in [0.2, 0.25) is 0 Å². The van der Waals surface area contributed by atoms with Gasteiger partial charge in [-0.2, -0.15) is 0 Å². The Balaban J connectivity index is 1.86. The minimum absolute atomic E-state index is 0.938. The van der Waals surface area contributed by atoms with Gasteiger partial charge in [-0.3, -0.25) is 0 Å². The van der Waals surface area contributed by atoms with E-state index in [1.807, 2.05) is 11.6 Å². The number of rotatable bonds is 4. The number of nitrogens with zero attached hydrogens (tertiary/aromatic N) is 1. The molecule has 4 heteroatoms. The van der Waals surface area contributed by atoms with Crippen molar-refractivity contribution in [2.24, 2.45) is 0 Å². The third-order valence-electron chi connectivity index (χ3n) is 2.06. The third-order valence-corrected chi connectivity index (χ3v) is 3.84. The fourth-order valence-corrected chi connectivity index (χ4v) is 2.53. The maximum atomic E-state index is 4.18. The van der Waals surface area contributed by atoms with E-state index in [9.17, 15) is 0 Å². The number of hydrogen-bond donors (Lipinski definition) is 1. The quantitative estimate of drug-likeness (QED) is 0.869. The summed E-state index contributed by atoms with van der Waals surface area (Å²) >= 11 is 4.01.